The highest BCUT2D eigenvalue weighted by atomic mass is 16.5. The van der Waals surface area contributed by atoms with Gasteiger partial charge >= 0.3 is 0 Å². The van der Waals surface area contributed by atoms with Crippen LogP contribution >= 0.6 is 0 Å². The fourth-order valence-corrected chi connectivity index (χ4v) is 10.7. The van der Waals surface area contributed by atoms with Gasteiger partial charge in [0.1, 0.15) is 11.2 Å². The van der Waals surface area contributed by atoms with E-state index >= 15 is 0 Å². The van der Waals surface area contributed by atoms with Gasteiger partial charge in [0.2, 0.25) is 0 Å². The number of piperidine rings is 1. The molecule has 1 spiro atoms. The van der Waals surface area contributed by atoms with Gasteiger partial charge in [0.05, 0.1) is 37.1 Å². The molecular formula is C24H39NO7. The van der Waals surface area contributed by atoms with Crippen LogP contribution in [0.5, 0.6) is 0 Å². The normalized spacial score (nSPS) is 62.4. The second-order valence-electron chi connectivity index (χ2n) is 11.7. The summed E-state index contributed by atoms with van der Waals surface area (Å²) in [5.41, 5.74) is -4.15. The number of methoxy groups -OCH3 is 3. The van der Waals surface area contributed by atoms with E-state index in [1.54, 1.807) is 21.3 Å². The summed E-state index contributed by atoms with van der Waals surface area (Å²) in [5, 5.41) is 48.5. The lowest BCUT2D eigenvalue weighted by Crippen LogP contribution is -2.81. The molecule has 0 amide bonds. The maximum absolute atomic E-state index is 12.8. The van der Waals surface area contributed by atoms with Crippen molar-refractivity contribution in [1.29, 1.82) is 0 Å². The third-order valence-corrected chi connectivity index (χ3v) is 11.2. The minimum Gasteiger partial charge on any atom is -0.392 e. The molecule has 5 saturated carbocycles. The van der Waals surface area contributed by atoms with Gasteiger partial charge in [0, 0.05) is 62.9 Å². The number of aliphatic hydroxyl groups excluding tert-OH is 2. The number of aliphatic hydroxyl groups is 4. The molecule has 1 heterocycles. The van der Waals surface area contributed by atoms with Gasteiger partial charge in [-0.05, 0) is 31.7 Å². The van der Waals surface area contributed by atoms with Crippen LogP contribution in [-0.4, -0.2) is 108 Å². The monoisotopic (exact) mass is 453 g/mol. The van der Waals surface area contributed by atoms with Crippen molar-refractivity contribution in [2.24, 2.45) is 34.5 Å². The number of likely N-dealkylation sites (N-methyl/N-ethyl adjacent to an activating group) is 1. The van der Waals surface area contributed by atoms with Gasteiger partial charge < -0.3 is 34.6 Å². The van der Waals surface area contributed by atoms with Crippen LogP contribution in [0.3, 0.4) is 0 Å². The van der Waals surface area contributed by atoms with Crippen LogP contribution in [0, 0.1) is 34.5 Å². The van der Waals surface area contributed by atoms with Gasteiger partial charge in [0.15, 0.2) is 0 Å². The van der Waals surface area contributed by atoms with Gasteiger partial charge in [-0.15, -0.1) is 0 Å². The molecule has 6 fully saturated rings. The van der Waals surface area contributed by atoms with E-state index in [-0.39, 0.29) is 35.7 Å². The Morgan fingerprint density at radius 1 is 1.09 bits per heavy atom. The zero-order valence-electron chi connectivity index (χ0n) is 19.6. The summed E-state index contributed by atoms with van der Waals surface area (Å²) >= 11 is 0. The van der Waals surface area contributed by atoms with Crippen molar-refractivity contribution in [3.63, 3.8) is 0 Å². The summed E-state index contributed by atoms with van der Waals surface area (Å²) in [5.74, 6) is -0.889. The lowest BCUT2D eigenvalue weighted by molar-refractivity contribution is -0.317. The Balaban J connectivity index is 1.67. The molecule has 0 aromatic heterocycles. The van der Waals surface area contributed by atoms with Crippen molar-refractivity contribution in [2.75, 3.05) is 41.0 Å². The molecule has 32 heavy (non-hydrogen) atoms. The summed E-state index contributed by atoms with van der Waals surface area (Å²) in [6.45, 7) is 4.05. The molecule has 8 nitrogen and oxygen atoms in total. The number of hydrogen-bond donors (Lipinski definition) is 4. The topological polar surface area (TPSA) is 112 Å². The number of hydrogen-bond acceptors (Lipinski definition) is 8. The Morgan fingerprint density at radius 2 is 1.84 bits per heavy atom. The first kappa shape index (κ1) is 22.2. The predicted octanol–water partition coefficient (Wildman–Crippen LogP) is -0.383. The van der Waals surface area contributed by atoms with Gasteiger partial charge in [-0.1, -0.05) is 6.92 Å². The SMILES string of the molecule is CCN1C[C@]2(COC)CC[C@H](O)[C@@]34[C@@H]5CC6[C@@H](OC)C[C@@](O)([C@H]5[C@H]6O)[C@](O)([C@@H](OC)[C@H]23)[C@@H]14. The lowest BCUT2D eigenvalue weighted by atomic mass is 9.42. The van der Waals surface area contributed by atoms with Crippen LogP contribution in [0.1, 0.15) is 32.6 Å². The second-order valence-corrected chi connectivity index (χ2v) is 11.7. The van der Waals surface area contributed by atoms with Gasteiger partial charge in [-0.2, -0.15) is 0 Å². The minimum absolute atomic E-state index is 0.102. The molecule has 0 radical (unpaired) electrons. The summed E-state index contributed by atoms with van der Waals surface area (Å²) in [6.07, 6.45) is -0.0296. The largest absolute Gasteiger partial charge is 0.392 e. The molecule has 13 atom stereocenters. The number of ether oxygens (including phenoxy) is 3. The fourth-order valence-electron chi connectivity index (χ4n) is 10.7. The molecule has 0 aromatic carbocycles. The van der Waals surface area contributed by atoms with Crippen molar-refractivity contribution in [1.82, 2.24) is 4.90 Å². The Bertz CT molecular complexity index is 798. The van der Waals surface area contributed by atoms with Gasteiger partial charge in [-0.3, -0.25) is 4.90 Å². The summed E-state index contributed by atoms with van der Waals surface area (Å²) in [7, 11) is 4.95. The van der Waals surface area contributed by atoms with Gasteiger partial charge in [-0.25, -0.2) is 0 Å². The van der Waals surface area contributed by atoms with Crippen LogP contribution < -0.4 is 0 Å². The first-order chi connectivity index (χ1) is 15.2. The number of fused-ring (bicyclic) bond motifs is 2. The molecule has 5 aliphatic carbocycles. The molecule has 1 unspecified atom stereocenters. The van der Waals surface area contributed by atoms with Crippen LogP contribution in [0.25, 0.3) is 0 Å². The maximum Gasteiger partial charge on any atom is 0.136 e. The van der Waals surface area contributed by atoms with Crippen molar-refractivity contribution in [3.05, 3.63) is 0 Å². The van der Waals surface area contributed by atoms with Crippen LogP contribution in [0.4, 0.5) is 0 Å². The first-order valence-corrected chi connectivity index (χ1v) is 12.3. The van der Waals surface area contributed by atoms with Crippen molar-refractivity contribution in [2.45, 2.75) is 74.3 Å². The minimum atomic E-state index is -1.63. The van der Waals surface area contributed by atoms with Crippen LogP contribution in [0.15, 0.2) is 0 Å². The first-order valence-electron chi connectivity index (χ1n) is 12.3. The van der Waals surface area contributed by atoms with E-state index in [1.165, 1.54) is 0 Å². The van der Waals surface area contributed by atoms with E-state index in [1.807, 2.05) is 0 Å². The second kappa shape index (κ2) is 6.66. The molecule has 8 heteroatoms. The number of likely N-dealkylation sites (tertiary alicyclic amines) is 1. The third-order valence-electron chi connectivity index (χ3n) is 11.2. The van der Waals surface area contributed by atoms with E-state index < -0.39 is 46.9 Å². The Labute approximate surface area is 189 Å². The Hall–Kier alpha value is -0.320. The highest BCUT2D eigenvalue weighted by Crippen LogP contribution is 2.80. The molecule has 7 bridgehead atoms. The van der Waals surface area contributed by atoms with Crippen LogP contribution in [0.2, 0.25) is 0 Å². The van der Waals surface area contributed by atoms with Crippen LogP contribution in [-0.2, 0) is 14.2 Å². The van der Waals surface area contributed by atoms with Crippen molar-refractivity contribution < 1.29 is 34.6 Å². The molecule has 6 aliphatic rings. The number of rotatable bonds is 5. The van der Waals surface area contributed by atoms with E-state index in [0.717, 1.165) is 13.0 Å². The molecule has 0 aromatic rings. The van der Waals surface area contributed by atoms with E-state index in [2.05, 4.69) is 11.8 Å². The standard InChI is InChI=1S/C24H39NO7/c1-5-25-10-21(11-30-2)7-6-15(26)23-13-8-12-14(31-3)9-22(28,16(13)17(12)27)24(29,20(23)25)19(32-4)18(21)23/h12-20,26-29H,5-11H2,1-4H3/t12?,13-,14+,15+,16-,17+,18-,19+,20+,21+,22-,23+,24+/m1/s1. The number of nitrogens with zero attached hydrogens (tertiary/aromatic N) is 1. The van der Waals surface area contributed by atoms with E-state index in [9.17, 15) is 20.4 Å². The predicted molar refractivity (Wildman–Crippen MR) is 114 cm³/mol. The Morgan fingerprint density at radius 3 is 2.47 bits per heavy atom. The average Bonchev–Trinajstić information content (AvgIpc) is 3.14. The highest BCUT2D eigenvalue weighted by molar-refractivity contribution is 5.41. The van der Waals surface area contributed by atoms with E-state index in [4.69, 9.17) is 14.2 Å². The summed E-state index contributed by atoms with van der Waals surface area (Å²) in [4.78, 5) is 2.28. The molecule has 6 rings (SSSR count). The fraction of sp³-hybridized carbons (Fsp3) is 1.00. The lowest BCUT2D eigenvalue weighted by Gasteiger charge is -2.69. The third kappa shape index (κ3) is 1.99. The molecular weight excluding hydrogens is 414 g/mol. The van der Waals surface area contributed by atoms with E-state index in [0.29, 0.717) is 26.0 Å². The molecule has 1 saturated heterocycles. The molecule has 1 aliphatic heterocycles. The molecule has 182 valence electrons. The molecule has 4 N–H and O–H groups in total. The highest BCUT2D eigenvalue weighted by Gasteiger charge is 2.91. The van der Waals surface area contributed by atoms with Crippen molar-refractivity contribution in [3.8, 4) is 0 Å². The summed E-state index contributed by atoms with van der Waals surface area (Å²) < 4.78 is 17.7. The maximum atomic E-state index is 12.8. The average molecular weight is 454 g/mol. The van der Waals surface area contributed by atoms with Gasteiger partial charge in [0.25, 0.3) is 0 Å². The van der Waals surface area contributed by atoms with Crippen molar-refractivity contribution >= 4 is 0 Å². The Kier molecular flexibility index (Phi) is 4.62. The quantitative estimate of drug-likeness (QED) is 0.446. The smallest absolute Gasteiger partial charge is 0.136 e. The summed E-state index contributed by atoms with van der Waals surface area (Å²) in [6, 6.07) is -0.442. The zero-order chi connectivity index (χ0) is 22.8. The zero-order valence-corrected chi connectivity index (χ0v) is 19.6.